The van der Waals surface area contributed by atoms with Gasteiger partial charge in [-0.25, -0.2) is 4.79 Å². The number of benzene rings is 2. The lowest BCUT2D eigenvalue weighted by Crippen LogP contribution is -2.04. The number of phenolic OH excluding ortho intramolecular Hbond substituents is 1. The van der Waals surface area contributed by atoms with E-state index in [1.165, 1.54) is 31.2 Å². The van der Waals surface area contributed by atoms with Gasteiger partial charge in [0.05, 0.1) is 6.61 Å². The Morgan fingerprint density at radius 1 is 1.12 bits per heavy atom. The van der Waals surface area contributed by atoms with Crippen molar-refractivity contribution in [1.82, 2.24) is 0 Å². The fraction of sp³-hybridized carbons (Fsp3) is 0.158. The summed E-state index contributed by atoms with van der Waals surface area (Å²) in [6.07, 6.45) is 3.46. The van der Waals surface area contributed by atoms with E-state index in [9.17, 15) is 14.7 Å². The summed E-state index contributed by atoms with van der Waals surface area (Å²) < 4.78 is 9.99. The molecule has 0 fully saturated rings. The lowest BCUT2D eigenvalue weighted by Gasteiger charge is -2.05. The Kier molecular flexibility index (Phi) is 6.14. The van der Waals surface area contributed by atoms with E-state index < -0.39 is 11.9 Å². The fourth-order valence-electron chi connectivity index (χ4n) is 2.00. The van der Waals surface area contributed by atoms with Crippen LogP contribution in [0.2, 0.25) is 0 Å². The summed E-state index contributed by atoms with van der Waals surface area (Å²) in [6, 6.07) is 14.2. The van der Waals surface area contributed by atoms with Crippen molar-refractivity contribution >= 4 is 18.0 Å². The number of phenols is 1. The second kappa shape index (κ2) is 8.53. The van der Waals surface area contributed by atoms with Crippen molar-refractivity contribution in [2.24, 2.45) is 0 Å². The zero-order valence-electron chi connectivity index (χ0n) is 13.3. The Labute approximate surface area is 140 Å². The number of hydrogen-bond donors (Lipinski definition) is 1. The van der Waals surface area contributed by atoms with Gasteiger partial charge in [-0.05, 0) is 29.3 Å². The average molecular weight is 326 g/mol. The predicted octanol–water partition coefficient (Wildman–Crippen LogP) is 3.12. The summed E-state index contributed by atoms with van der Waals surface area (Å²) in [5, 5.41) is 9.59. The molecule has 2 rings (SSSR count). The molecule has 0 unspecified atom stereocenters. The Morgan fingerprint density at radius 2 is 1.88 bits per heavy atom. The lowest BCUT2D eigenvalue weighted by molar-refractivity contribution is -0.137. The van der Waals surface area contributed by atoms with Crippen molar-refractivity contribution in [1.29, 1.82) is 0 Å². The topological polar surface area (TPSA) is 72.8 Å². The minimum absolute atomic E-state index is 0.0436. The summed E-state index contributed by atoms with van der Waals surface area (Å²) >= 11 is 0. The monoisotopic (exact) mass is 326 g/mol. The Bertz CT molecular complexity index is 735. The van der Waals surface area contributed by atoms with Crippen molar-refractivity contribution in [3.63, 3.8) is 0 Å². The van der Waals surface area contributed by atoms with Gasteiger partial charge >= 0.3 is 11.9 Å². The van der Waals surface area contributed by atoms with E-state index in [1.807, 2.05) is 30.3 Å². The molecule has 2 aromatic carbocycles. The SMILES string of the molecule is CC(=O)Oc1cc(/C=C/C(=O)OCCc2ccccc2)ccc1O. The van der Waals surface area contributed by atoms with Crippen LogP contribution in [0, 0.1) is 0 Å². The molecule has 0 aliphatic rings. The van der Waals surface area contributed by atoms with E-state index in [2.05, 4.69) is 0 Å². The summed E-state index contributed by atoms with van der Waals surface area (Å²) in [7, 11) is 0. The number of esters is 2. The zero-order valence-corrected chi connectivity index (χ0v) is 13.3. The van der Waals surface area contributed by atoms with Gasteiger partial charge in [0, 0.05) is 19.4 Å². The molecule has 0 atom stereocenters. The van der Waals surface area contributed by atoms with Crippen molar-refractivity contribution in [3.05, 3.63) is 65.7 Å². The van der Waals surface area contributed by atoms with Gasteiger partial charge in [0.25, 0.3) is 0 Å². The number of carbonyl (C=O) groups is 2. The quantitative estimate of drug-likeness (QED) is 0.501. The fourth-order valence-corrected chi connectivity index (χ4v) is 2.00. The van der Waals surface area contributed by atoms with Crippen LogP contribution in [-0.2, 0) is 20.7 Å². The van der Waals surface area contributed by atoms with Crippen molar-refractivity contribution in [3.8, 4) is 11.5 Å². The van der Waals surface area contributed by atoms with Crippen LogP contribution in [0.25, 0.3) is 6.08 Å². The van der Waals surface area contributed by atoms with Crippen LogP contribution in [0.1, 0.15) is 18.1 Å². The van der Waals surface area contributed by atoms with Crippen LogP contribution in [0.15, 0.2) is 54.6 Å². The molecule has 0 saturated heterocycles. The van der Waals surface area contributed by atoms with Crippen LogP contribution in [0.4, 0.5) is 0 Å². The molecule has 0 bridgehead atoms. The summed E-state index contributed by atoms with van der Waals surface area (Å²) in [6.45, 7) is 1.54. The second-order valence-corrected chi connectivity index (χ2v) is 5.06. The molecule has 5 heteroatoms. The highest BCUT2D eigenvalue weighted by atomic mass is 16.5. The molecule has 5 nitrogen and oxygen atoms in total. The van der Waals surface area contributed by atoms with E-state index in [1.54, 1.807) is 6.07 Å². The van der Waals surface area contributed by atoms with Crippen LogP contribution in [0.5, 0.6) is 11.5 Å². The van der Waals surface area contributed by atoms with Crippen molar-refractivity contribution < 1.29 is 24.2 Å². The third kappa shape index (κ3) is 5.61. The van der Waals surface area contributed by atoms with E-state index >= 15 is 0 Å². The minimum Gasteiger partial charge on any atom is -0.504 e. The molecular weight excluding hydrogens is 308 g/mol. The smallest absolute Gasteiger partial charge is 0.330 e. The number of rotatable bonds is 6. The molecule has 0 saturated carbocycles. The Balaban J connectivity index is 1.88. The molecule has 0 spiro atoms. The van der Waals surface area contributed by atoms with Crippen LogP contribution in [0.3, 0.4) is 0 Å². The molecular formula is C19H18O5. The maximum absolute atomic E-state index is 11.7. The van der Waals surface area contributed by atoms with Crippen molar-refractivity contribution in [2.75, 3.05) is 6.61 Å². The number of ether oxygens (including phenoxy) is 2. The molecule has 2 aromatic rings. The Hall–Kier alpha value is -3.08. The second-order valence-electron chi connectivity index (χ2n) is 5.06. The molecule has 0 amide bonds. The zero-order chi connectivity index (χ0) is 17.4. The minimum atomic E-state index is -0.535. The van der Waals surface area contributed by atoms with Gasteiger partial charge < -0.3 is 14.6 Å². The first-order valence-electron chi connectivity index (χ1n) is 7.45. The van der Waals surface area contributed by atoms with Crippen molar-refractivity contribution in [2.45, 2.75) is 13.3 Å². The van der Waals surface area contributed by atoms with Gasteiger partial charge in [-0.2, -0.15) is 0 Å². The average Bonchev–Trinajstić information content (AvgIpc) is 2.56. The standard InChI is InChI=1S/C19H18O5/c1-14(20)24-18-13-16(7-9-17(18)21)8-10-19(22)23-12-11-15-5-3-2-4-6-15/h2-10,13,21H,11-12H2,1H3/b10-8+. The first kappa shape index (κ1) is 17.3. The third-order valence-corrected chi connectivity index (χ3v) is 3.13. The van der Waals surface area contributed by atoms with E-state index in [0.29, 0.717) is 18.6 Å². The molecule has 1 N–H and O–H groups in total. The van der Waals surface area contributed by atoms with Gasteiger partial charge in [-0.1, -0.05) is 36.4 Å². The normalized spacial score (nSPS) is 10.5. The molecule has 24 heavy (non-hydrogen) atoms. The number of carbonyl (C=O) groups excluding carboxylic acids is 2. The van der Waals surface area contributed by atoms with E-state index in [-0.39, 0.29) is 11.5 Å². The lowest BCUT2D eigenvalue weighted by atomic mass is 10.2. The largest absolute Gasteiger partial charge is 0.504 e. The van der Waals surface area contributed by atoms with Gasteiger partial charge in [-0.3, -0.25) is 4.79 Å². The molecule has 0 aromatic heterocycles. The molecule has 124 valence electrons. The summed E-state index contributed by atoms with van der Waals surface area (Å²) in [5.74, 6) is -1.10. The van der Waals surface area contributed by atoms with Crippen LogP contribution < -0.4 is 4.74 Å². The molecule has 0 heterocycles. The van der Waals surface area contributed by atoms with Gasteiger partial charge in [0.2, 0.25) is 0 Å². The highest BCUT2D eigenvalue weighted by molar-refractivity contribution is 5.87. The van der Waals surface area contributed by atoms with E-state index in [0.717, 1.165) is 5.56 Å². The number of aromatic hydroxyl groups is 1. The first-order valence-corrected chi connectivity index (χ1v) is 7.45. The van der Waals surface area contributed by atoms with Gasteiger partial charge in [-0.15, -0.1) is 0 Å². The molecule has 0 aliphatic carbocycles. The third-order valence-electron chi connectivity index (χ3n) is 3.13. The predicted molar refractivity (Wildman–Crippen MR) is 89.6 cm³/mol. The highest BCUT2D eigenvalue weighted by Gasteiger charge is 2.06. The summed E-state index contributed by atoms with van der Waals surface area (Å²) in [5.41, 5.74) is 1.70. The highest BCUT2D eigenvalue weighted by Crippen LogP contribution is 2.27. The van der Waals surface area contributed by atoms with Gasteiger partial charge in [0.1, 0.15) is 0 Å². The van der Waals surface area contributed by atoms with Crippen LogP contribution >= 0.6 is 0 Å². The van der Waals surface area contributed by atoms with Gasteiger partial charge in [0.15, 0.2) is 11.5 Å². The maximum Gasteiger partial charge on any atom is 0.330 e. The summed E-state index contributed by atoms with van der Waals surface area (Å²) in [4.78, 5) is 22.6. The number of hydrogen-bond acceptors (Lipinski definition) is 5. The Morgan fingerprint density at radius 3 is 2.58 bits per heavy atom. The van der Waals surface area contributed by atoms with Crippen LogP contribution in [-0.4, -0.2) is 23.7 Å². The van der Waals surface area contributed by atoms with E-state index in [4.69, 9.17) is 9.47 Å². The molecule has 0 aliphatic heterocycles. The molecule has 0 radical (unpaired) electrons. The maximum atomic E-state index is 11.7. The first-order chi connectivity index (χ1) is 11.5.